The van der Waals surface area contributed by atoms with Crippen molar-refractivity contribution in [3.05, 3.63) is 155 Å². The van der Waals surface area contributed by atoms with Crippen LogP contribution in [-0.2, 0) is 4.74 Å². The second-order valence-electron chi connectivity index (χ2n) is 9.75. The van der Waals surface area contributed by atoms with Gasteiger partial charge in [0.25, 0.3) is 0 Å². The fraction of sp³-hybridized carbons (Fsp3) is 0.111. The Labute approximate surface area is 239 Å². The van der Waals surface area contributed by atoms with Gasteiger partial charge in [-0.1, -0.05) is 84.9 Å². The van der Waals surface area contributed by atoms with E-state index in [2.05, 4.69) is 24.3 Å². The van der Waals surface area contributed by atoms with Crippen LogP contribution in [0.15, 0.2) is 121 Å². The summed E-state index contributed by atoms with van der Waals surface area (Å²) in [7, 11) is 3.30. The third-order valence-electron chi connectivity index (χ3n) is 7.43. The molecule has 0 aliphatic heterocycles. The zero-order valence-electron chi connectivity index (χ0n) is 22.9. The molecule has 0 bridgehead atoms. The molecule has 0 fully saturated rings. The summed E-state index contributed by atoms with van der Waals surface area (Å²) in [6.45, 7) is 0.206. The van der Waals surface area contributed by atoms with E-state index < -0.39 is 6.16 Å². The van der Waals surface area contributed by atoms with Gasteiger partial charge >= 0.3 is 6.16 Å². The van der Waals surface area contributed by atoms with Crippen molar-refractivity contribution in [2.24, 2.45) is 0 Å². The largest absolute Gasteiger partial charge is 0.513 e. The molecule has 0 aromatic heterocycles. The summed E-state index contributed by atoms with van der Waals surface area (Å²) < 4.78 is 21.9. The highest BCUT2D eigenvalue weighted by Crippen LogP contribution is 2.44. The molecule has 1 aliphatic carbocycles. The Kier molecular flexibility index (Phi) is 7.42. The van der Waals surface area contributed by atoms with Crippen molar-refractivity contribution in [2.75, 3.05) is 20.8 Å². The van der Waals surface area contributed by atoms with Crippen LogP contribution in [0.3, 0.4) is 0 Å². The number of hydrogen-bond acceptors (Lipinski definition) is 5. The van der Waals surface area contributed by atoms with Crippen LogP contribution in [0.25, 0.3) is 11.1 Å². The number of benzene rings is 5. The summed E-state index contributed by atoms with van der Waals surface area (Å²) in [5.41, 5.74) is 7.71. The molecule has 1 aliphatic rings. The highest BCUT2D eigenvalue weighted by Gasteiger charge is 2.29. The average molecular weight is 542 g/mol. The van der Waals surface area contributed by atoms with Gasteiger partial charge in [-0.25, -0.2) is 4.79 Å². The molecular weight excluding hydrogens is 512 g/mol. The van der Waals surface area contributed by atoms with Crippen LogP contribution in [0.5, 0.6) is 17.2 Å². The topological polar surface area (TPSA) is 54.0 Å². The fourth-order valence-corrected chi connectivity index (χ4v) is 5.42. The van der Waals surface area contributed by atoms with Crippen LogP contribution in [0.4, 0.5) is 4.79 Å². The van der Waals surface area contributed by atoms with Crippen molar-refractivity contribution >= 4 is 6.16 Å². The highest BCUT2D eigenvalue weighted by molar-refractivity contribution is 5.79. The van der Waals surface area contributed by atoms with Gasteiger partial charge in [-0.15, -0.1) is 0 Å². The van der Waals surface area contributed by atoms with E-state index in [4.69, 9.17) is 18.9 Å². The standard InChI is InChI=1S/C36H29O5/c1-38-27-17-11-24(12-18-27)35(25-13-19-28(39-2)20-14-25)26-15-21-29(22-16-26)41-36(37)40-23-34-32-9-5-3-7-30(32)31-8-4-6-10-33(31)34/h3-22,34H,23H2,1-2H3. The summed E-state index contributed by atoms with van der Waals surface area (Å²) in [4.78, 5) is 12.7. The molecule has 5 nitrogen and oxygen atoms in total. The minimum absolute atomic E-state index is 0.0246. The normalized spacial score (nSPS) is 12.0. The van der Waals surface area contributed by atoms with Gasteiger partial charge in [-0.2, -0.15) is 0 Å². The van der Waals surface area contributed by atoms with Gasteiger partial charge in [0.05, 0.1) is 20.1 Å². The van der Waals surface area contributed by atoms with Crippen LogP contribution in [0.2, 0.25) is 0 Å². The number of rotatable bonds is 8. The smallest absolute Gasteiger partial charge is 0.497 e. The monoisotopic (exact) mass is 541 g/mol. The molecule has 0 saturated heterocycles. The van der Waals surface area contributed by atoms with Gasteiger partial charge in [-0.3, -0.25) is 0 Å². The van der Waals surface area contributed by atoms with Crippen molar-refractivity contribution in [2.45, 2.75) is 5.92 Å². The number of carbonyl (C=O) groups excluding carboxylic acids is 1. The van der Waals surface area contributed by atoms with Gasteiger partial charge in [-0.05, 0) is 75.3 Å². The molecule has 5 heteroatoms. The van der Waals surface area contributed by atoms with Crippen molar-refractivity contribution < 1.29 is 23.7 Å². The zero-order chi connectivity index (χ0) is 28.2. The molecular formula is C36H29O5. The Morgan fingerprint density at radius 1 is 0.561 bits per heavy atom. The molecule has 1 radical (unpaired) electrons. The third kappa shape index (κ3) is 5.39. The Morgan fingerprint density at radius 3 is 1.41 bits per heavy atom. The van der Waals surface area contributed by atoms with E-state index in [0.717, 1.165) is 45.2 Å². The molecule has 0 N–H and O–H groups in total. The predicted molar refractivity (Wildman–Crippen MR) is 159 cm³/mol. The number of ether oxygens (including phenoxy) is 4. The molecule has 0 atom stereocenters. The highest BCUT2D eigenvalue weighted by atomic mass is 16.7. The predicted octanol–water partition coefficient (Wildman–Crippen LogP) is 8.05. The third-order valence-corrected chi connectivity index (χ3v) is 7.43. The number of carbonyl (C=O) groups is 1. The summed E-state index contributed by atoms with van der Waals surface area (Å²) in [5, 5.41) is 0. The van der Waals surface area contributed by atoms with Crippen molar-refractivity contribution in [3.63, 3.8) is 0 Å². The molecule has 5 aromatic carbocycles. The van der Waals surface area contributed by atoms with Gasteiger partial charge in [0.15, 0.2) is 0 Å². The summed E-state index contributed by atoms with van der Waals surface area (Å²) in [5.74, 6) is 2.99. The fourth-order valence-electron chi connectivity index (χ4n) is 5.42. The van der Waals surface area contributed by atoms with Crippen LogP contribution in [0.1, 0.15) is 33.7 Å². The van der Waals surface area contributed by atoms with Crippen molar-refractivity contribution in [1.29, 1.82) is 0 Å². The lowest BCUT2D eigenvalue weighted by molar-refractivity contribution is 0.0965. The van der Waals surface area contributed by atoms with E-state index >= 15 is 0 Å². The van der Waals surface area contributed by atoms with Gasteiger partial charge in [0.1, 0.15) is 23.9 Å². The summed E-state index contributed by atoms with van der Waals surface area (Å²) in [6.07, 6.45) is -0.728. The van der Waals surface area contributed by atoms with Gasteiger partial charge in [0, 0.05) is 5.92 Å². The first kappa shape index (κ1) is 26.2. The number of methoxy groups -OCH3 is 2. The number of fused-ring (bicyclic) bond motifs is 3. The summed E-state index contributed by atoms with van der Waals surface area (Å²) in [6, 6.07) is 39.8. The van der Waals surface area contributed by atoms with E-state index in [1.807, 2.05) is 84.9 Å². The van der Waals surface area contributed by atoms with Gasteiger partial charge in [0.2, 0.25) is 0 Å². The first-order valence-corrected chi connectivity index (χ1v) is 13.4. The van der Waals surface area contributed by atoms with Crippen LogP contribution < -0.4 is 14.2 Å². The lowest BCUT2D eigenvalue weighted by Crippen LogP contribution is -2.16. The first-order valence-electron chi connectivity index (χ1n) is 13.4. The van der Waals surface area contributed by atoms with Crippen LogP contribution in [-0.4, -0.2) is 27.0 Å². The SMILES string of the molecule is COc1ccc([C](c2ccc(OC)cc2)c2ccc(OC(=O)OCC3c4ccccc4-c4ccccc43)cc2)cc1. The van der Waals surface area contributed by atoms with E-state index in [-0.39, 0.29) is 12.5 Å². The van der Waals surface area contributed by atoms with Crippen LogP contribution >= 0.6 is 0 Å². The van der Waals surface area contributed by atoms with Crippen molar-refractivity contribution in [3.8, 4) is 28.4 Å². The second-order valence-corrected chi connectivity index (χ2v) is 9.75. The maximum absolute atomic E-state index is 12.7. The lowest BCUT2D eigenvalue weighted by atomic mass is 9.85. The molecule has 0 amide bonds. The Morgan fingerprint density at radius 2 is 0.976 bits per heavy atom. The molecule has 0 heterocycles. The minimum Gasteiger partial charge on any atom is -0.497 e. The molecule has 6 rings (SSSR count). The first-order chi connectivity index (χ1) is 20.1. The minimum atomic E-state index is -0.728. The molecule has 0 saturated carbocycles. The van der Waals surface area contributed by atoms with Crippen LogP contribution in [0, 0.1) is 5.92 Å². The Bertz CT molecular complexity index is 1550. The molecule has 0 unspecified atom stereocenters. The molecule has 0 spiro atoms. The number of hydrogen-bond donors (Lipinski definition) is 0. The average Bonchev–Trinajstić information content (AvgIpc) is 3.35. The molecule has 203 valence electrons. The zero-order valence-corrected chi connectivity index (χ0v) is 22.9. The molecule has 41 heavy (non-hydrogen) atoms. The summed E-state index contributed by atoms with van der Waals surface area (Å²) >= 11 is 0. The lowest BCUT2D eigenvalue weighted by Gasteiger charge is -2.19. The van der Waals surface area contributed by atoms with E-state index in [9.17, 15) is 4.79 Å². The van der Waals surface area contributed by atoms with E-state index in [1.165, 1.54) is 11.1 Å². The van der Waals surface area contributed by atoms with Crippen molar-refractivity contribution in [1.82, 2.24) is 0 Å². The maximum Gasteiger partial charge on any atom is 0.513 e. The Balaban J connectivity index is 1.17. The maximum atomic E-state index is 12.7. The van der Waals surface area contributed by atoms with Gasteiger partial charge < -0.3 is 18.9 Å². The quantitative estimate of drug-likeness (QED) is 0.113. The van der Waals surface area contributed by atoms with E-state index in [1.54, 1.807) is 26.4 Å². The second kappa shape index (κ2) is 11.6. The Hall–Kier alpha value is -5.03. The van der Waals surface area contributed by atoms with E-state index in [0.29, 0.717) is 5.75 Å². The molecule has 5 aromatic rings.